The molecule has 0 bridgehead atoms. The van der Waals surface area contributed by atoms with Crippen LogP contribution in [0.2, 0.25) is 0 Å². The largest absolute Gasteiger partial charge is 0.491 e. The summed E-state index contributed by atoms with van der Waals surface area (Å²) in [4.78, 5) is 0. The van der Waals surface area contributed by atoms with E-state index in [9.17, 15) is 0 Å². The van der Waals surface area contributed by atoms with E-state index in [0.717, 1.165) is 11.3 Å². The molecule has 0 amide bonds. The van der Waals surface area contributed by atoms with Crippen molar-refractivity contribution in [3.63, 3.8) is 0 Å². The molecule has 0 radical (unpaired) electrons. The fourth-order valence-corrected chi connectivity index (χ4v) is 1.48. The zero-order chi connectivity index (χ0) is 12.1. The van der Waals surface area contributed by atoms with E-state index in [-0.39, 0.29) is 6.10 Å². The van der Waals surface area contributed by atoms with Crippen LogP contribution in [0.25, 0.3) is 0 Å². The number of nitrogens with one attached hydrogen (secondary N) is 1. The third kappa shape index (κ3) is 3.21. The first kappa shape index (κ1) is 11.4. The van der Waals surface area contributed by atoms with Crippen LogP contribution in [0.4, 0.5) is 0 Å². The van der Waals surface area contributed by atoms with Gasteiger partial charge in [0.05, 0.1) is 12.6 Å². The number of nitrogens with zero attached hydrogens (tertiary/aromatic N) is 3. The number of hydrogen-bond donors (Lipinski definition) is 1. The molecule has 17 heavy (non-hydrogen) atoms. The summed E-state index contributed by atoms with van der Waals surface area (Å²) in [5.41, 5.74) is 4.27. The Morgan fingerprint density at radius 2 is 1.94 bits per heavy atom. The second kappa shape index (κ2) is 5.34. The van der Waals surface area contributed by atoms with Gasteiger partial charge in [0.15, 0.2) is 0 Å². The molecule has 2 rings (SSSR count). The molecule has 1 N–H and O–H groups in total. The summed E-state index contributed by atoms with van der Waals surface area (Å²) in [6.45, 7) is 4.70. The van der Waals surface area contributed by atoms with Crippen molar-refractivity contribution in [2.75, 3.05) is 5.43 Å². The number of aromatic nitrogens is 3. The van der Waals surface area contributed by atoms with Crippen LogP contribution in [0.3, 0.4) is 0 Å². The molecule has 1 heterocycles. The Hall–Kier alpha value is -2.04. The van der Waals surface area contributed by atoms with Crippen LogP contribution in [0.5, 0.6) is 5.75 Å². The zero-order valence-corrected chi connectivity index (χ0v) is 10.00. The van der Waals surface area contributed by atoms with Gasteiger partial charge in [-0.2, -0.15) is 0 Å². The van der Waals surface area contributed by atoms with Crippen molar-refractivity contribution in [2.45, 2.75) is 26.5 Å². The number of benzene rings is 1. The molecule has 0 spiro atoms. The second-order valence-electron chi connectivity index (χ2n) is 3.98. The van der Waals surface area contributed by atoms with Crippen molar-refractivity contribution in [3.8, 4) is 5.75 Å². The minimum atomic E-state index is 0.172. The van der Waals surface area contributed by atoms with Gasteiger partial charge in [0.25, 0.3) is 0 Å². The molecule has 1 aromatic carbocycles. The molecule has 90 valence electrons. The lowest BCUT2D eigenvalue weighted by atomic mass is 10.2. The molecule has 0 saturated carbocycles. The monoisotopic (exact) mass is 232 g/mol. The fraction of sp³-hybridized carbons (Fsp3) is 0.333. The summed E-state index contributed by atoms with van der Waals surface area (Å²) in [5.74, 6) is 0.906. The van der Waals surface area contributed by atoms with Crippen LogP contribution in [0.1, 0.15) is 19.4 Å². The van der Waals surface area contributed by atoms with E-state index in [0.29, 0.717) is 6.54 Å². The Bertz CT molecular complexity index is 453. The molecule has 5 heteroatoms. The Kier molecular flexibility index (Phi) is 3.59. The first-order chi connectivity index (χ1) is 8.25. The third-order valence-electron chi connectivity index (χ3n) is 2.21. The van der Waals surface area contributed by atoms with E-state index in [2.05, 4.69) is 15.6 Å². The second-order valence-corrected chi connectivity index (χ2v) is 3.98. The van der Waals surface area contributed by atoms with Crippen LogP contribution < -0.4 is 10.2 Å². The number of ether oxygens (including phenoxy) is 1. The molecule has 0 aliphatic carbocycles. The number of para-hydroxylation sites is 1. The van der Waals surface area contributed by atoms with E-state index in [1.54, 1.807) is 17.3 Å². The molecule has 0 fully saturated rings. The summed E-state index contributed by atoms with van der Waals surface area (Å²) in [5, 5.41) is 7.45. The third-order valence-corrected chi connectivity index (χ3v) is 2.21. The van der Waals surface area contributed by atoms with Gasteiger partial charge in [0, 0.05) is 5.56 Å². The van der Waals surface area contributed by atoms with Gasteiger partial charge in [0.1, 0.15) is 18.4 Å². The molecular weight excluding hydrogens is 216 g/mol. The molecule has 1 aromatic heterocycles. The van der Waals surface area contributed by atoms with Gasteiger partial charge in [-0.15, -0.1) is 10.2 Å². The van der Waals surface area contributed by atoms with Crippen molar-refractivity contribution >= 4 is 0 Å². The van der Waals surface area contributed by atoms with Gasteiger partial charge >= 0.3 is 0 Å². The minimum absolute atomic E-state index is 0.172. The normalized spacial score (nSPS) is 10.5. The summed E-state index contributed by atoms with van der Waals surface area (Å²) < 4.78 is 7.45. The lowest BCUT2D eigenvalue weighted by molar-refractivity contribution is 0.240. The Balaban J connectivity index is 2.04. The standard InChI is InChI=1S/C12H16N4O/c1-10(2)17-12-6-4-3-5-11(12)7-15-16-8-13-14-9-16/h3-6,8-10,15H,7H2,1-2H3. The molecule has 0 aliphatic heterocycles. The molecule has 5 nitrogen and oxygen atoms in total. The average molecular weight is 232 g/mol. The van der Waals surface area contributed by atoms with Crippen molar-refractivity contribution in [1.82, 2.24) is 14.9 Å². The van der Waals surface area contributed by atoms with Crippen LogP contribution in [0, 0.1) is 0 Å². The van der Waals surface area contributed by atoms with Crippen molar-refractivity contribution in [2.24, 2.45) is 0 Å². The van der Waals surface area contributed by atoms with Gasteiger partial charge < -0.3 is 10.2 Å². The van der Waals surface area contributed by atoms with E-state index in [4.69, 9.17) is 4.74 Å². The van der Waals surface area contributed by atoms with E-state index in [1.165, 1.54) is 0 Å². The van der Waals surface area contributed by atoms with Gasteiger partial charge in [-0.3, -0.25) is 0 Å². The predicted octanol–water partition coefficient (Wildman–Crippen LogP) is 1.81. The topological polar surface area (TPSA) is 52.0 Å². The summed E-state index contributed by atoms with van der Waals surface area (Å²) >= 11 is 0. The summed E-state index contributed by atoms with van der Waals surface area (Å²) in [6.07, 6.45) is 3.41. The molecule has 0 aliphatic rings. The Morgan fingerprint density at radius 3 is 2.65 bits per heavy atom. The van der Waals surface area contributed by atoms with Gasteiger partial charge in [-0.05, 0) is 19.9 Å². The summed E-state index contributed by atoms with van der Waals surface area (Å²) in [7, 11) is 0. The number of rotatable bonds is 5. The van der Waals surface area contributed by atoms with Gasteiger partial charge in [0.2, 0.25) is 0 Å². The molecular formula is C12H16N4O. The van der Waals surface area contributed by atoms with Crippen LogP contribution >= 0.6 is 0 Å². The first-order valence-electron chi connectivity index (χ1n) is 5.59. The minimum Gasteiger partial charge on any atom is -0.491 e. The molecule has 0 saturated heterocycles. The highest BCUT2D eigenvalue weighted by atomic mass is 16.5. The Morgan fingerprint density at radius 1 is 1.24 bits per heavy atom. The fourth-order valence-electron chi connectivity index (χ4n) is 1.48. The highest BCUT2D eigenvalue weighted by Crippen LogP contribution is 2.19. The summed E-state index contributed by atoms with van der Waals surface area (Å²) in [6, 6.07) is 7.98. The molecule has 0 unspecified atom stereocenters. The average Bonchev–Trinajstić information content (AvgIpc) is 2.80. The highest BCUT2D eigenvalue weighted by Gasteiger charge is 2.04. The maximum atomic E-state index is 5.73. The van der Waals surface area contributed by atoms with Crippen molar-refractivity contribution in [3.05, 3.63) is 42.5 Å². The first-order valence-corrected chi connectivity index (χ1v) is 5.59. The smallest absolute Gasteiger partial charge is 0.138 e. The zero-order valence-electron chi connectivity index (χ0n) is 10.00. The quantitative estimate of drug-likeness (QED) is 0.854. The highest BCUT2D eigenvalue weighted by molar-refractivity contribution is 5.34. The lowest BCUT2D eigenvalue weighted by Crippen LogP contribution is -2.14. The van der Waals surface area contributed by atoms with Crippen molar-refractivity contribution < 1.29 is 4.74 Å². The van der Waals surface area contributed by atoms with Gasteiger partial charge in [-0.1, -0.05) is 18.2 Å². The SMILES string of the molecule is CC(C)Oc1ccccc1CNn1cnnc1. The maximum Gasteiger partial charge on any atom is 0.138 e. The van der Waals surface area contributed by atoms with Crippen molar-refractivity contribution in [1.29, 1.82) is 0 Å². The van der Waals surface area contributed by atoms with Gasteiger partial charge in [-0.25, -0.2) is 4.68 Å². The van der Waals surface area contributed by atoms with E-state index >= 15 is 0 Å². The van der Waals surface area contributed by atoms with Crippen LogP contribution in [-0.4, -0.2) is 21.0 Å². The predicted molar refractivity (Wildman–Crippen MR) is 65.3 cm³/mol. The van der Waals surface area contributed by atoms with Crippen LogP contribution in [0.15, 0.2) is 36.9 Å². The molecule has 0 atom stereocenters. The van der Waals surface area contributed by atoms with Crippen LogP contribution in [-0.2, 0) is 6.54 Å². The molecule has 2 aromatic rings. The van der Waals surface area contributed by atoms with E-state index < -0.39 is 0 Å². The lowest BCUT2D eigenvalue weighted by Gasteiger charge is -2.14. The van der Waals surface area contributed by atoms with E-state index in [1.807, 2.05) is 38.1 Å². The Labute approximate surface area is 100 Å². The number of hydrogen-bond acceptors (Lipinski definition) is 4. The maximum absolute atomic E-state index is 5.73.